The van der Waals surface area contributed by atoms with Crippen molar-refractivity contribution < 1.29 is 14.5 Å². The van der Waals surface area contributed by atoms with E-state index in [0.29, 0.717) is 28.8 Å². The van der Waals surface area contributed by atoms with E-state index in [-0.39, 0.29) is 11.4 Å². The molecule has 0 aliphatic rings. The first-order chi connectivity index (χ1) is 15.5. The molecule has 0 atom stereocenters. The first-order valence-electron chi connectivity index (χ1n) is 10.2. The van der Waals surface area contributed by atoms with E-state index in [4.69, 9.17) is 9.72 Å². The topological polar surface area (TPSA) is 94.4 Å². The average molecular weight is 427 g/mol. The number of hydrogen-bond donors (Lipinski definition) is 1. The van der Waals surface area contributed by atoms with Gasteiger partial charge in [0.15, 0.2) is 0 Å². The highest BCUT2D eigenvalue weighted by Gasteiger charge is 2.19. The number of carbonyl (C=O) groups is 1. The molecule has 0 saturated heterocycles. The van der Waals surface area contributed by atoms with Gasteiger partial charge in [-0.05, 0) is 61.9 Å². The Labute approximate surface area is 184 Å². The second-order valence-electron chi connectivity index (χ2n) is 7.26. The lowest BCUT2D eigenvalue weighted by atomic mass is 10.0. The van der Waals surface area contributed by atoms with Gasteiger partial charge in [-0.3, -0.25) is 14.9 Å². The molecular formula is C25H21N3O4. The Morgan fingerprint density at radius 1 is 1.06 bits per heavy atom. The van der Waals surface area contributed by atoms with Crippen LogP contribution in [-0.2, 0) is 0 Å². The second-order valence-corrected chi connectivity index (χ2v) is 7.26. The number of aryl methyl sites for hydroxylation is 1. The van der Waals surface area contributed by atoms with Crippen molar-refractivity contribution >= 4 is 28.2 Å². The number of nitro benzene ring substituents is 1. The predicted octanol–water partition coefficient (Wildman–Crippen LogP) is 5.77. The van der Waals surface area contributed by atoms with E-state index in [1.54, 1.807) is 25.1 Å². The second kappa shape index (κ2) is 8.85. The number of nitro groups is 1. The zero-order chi connectivity index (χ0) is 22.7. The summed E-state index contributed by atoms with van der Waals surface area (Å²) in [7, 11) is 0. The van der Waals surface area contributed by atoms with Crippen LogP contribution in [0.25, 0.3) is 22.2 Å². The maximum absolute atomic E-state index is 13.2. The number of benzene rings is 3. The monoisotopic (exact) mass is 427 g/mol. The third kappa shape index (κ3) is 4.27. The van der Waals surface area contributed by atoms with Crippen LogP contribution in [0.4, 0.5) is 11.4 Å². The summed E-state index contributed by atoms with van der Waals surface area (Å²) in [4.78, 5) is 28.9. The van der Waals surface area contributed by atoms with Gasteiger partial charge in [-0.25, -0.2) is 4.98 Å². The number of aromatic nitrogens is 1. The van der Waals surface area contributed by atoms with Crippen molar-refractivity contribution in [1.29, 1.82) is 0 Å². The van der Waals surface area contributed by atoms with Crippen LogP contribution in [0.15, 0.2) is 72.8 Å². The molecular weight excluding hydrogens is 406 g/mol. The molecule has 7 heteroatoms. The number of hydrogen-bond acceptors (Lipinski definition) is 5. The zero-order valence-corrected chi connectivity index (χ0v) is 17.7. The van der Waals surface area contributed by atoms with Crippen LogP contribution in [0.5, 0.6) is 5.75 Å². The summed E-state index contributed by atoms with van der Waals surface area (Å²) in [5.74, 6) is 0.310. The molecule has 0 spiro atoms. The maximum atomic E-state index is 13.2. The molecule has 0 aliphatic carbocycles. The minimum atomic E-state index is -0.501. The number of para-hydroxylation sites is 1. The number of nitrogens with zero attached hydrogens (tertiary/aromatic N) is 2. The van der Waals surface area contributed by atoms with Crippen molar-refractivity contribution in [2.45, 2.75) is 13.8 Å². The van der Waals surface area contributed by atoms with Gasteiger partial charge in [0.25, 0.3) is 11.6 Å². The molecule has 1 amide bonds. The van der Waals surface area contributed by atoms with Crippen molar-refractivity contribution in [2.24, 2.45) is 0 Å². The molecule has 160 valence electrons. The van der Waals surface area contributed by atoms with Gasteiger partial charge in [0.1, 0.15) is 11.4 Å². The number of ether oxygens (including phenoxy) is 1. The third-order valence-electron chi connectivity index (χ3n) is 5.02. The van der Waals surface area contributed by atoms with E-state index in [0.717, 1.165) is 16.9 Å². The maximum Gasteiger partial charge on any atom is 0.293 e. The Balaban J connectivity index is 1.76. The first-order valence-corrected chi connectivity index (χ1v) is 10.2. The van der Waals surface area contributed by atoms with E-state index >= 15 is 0 Å². The van der Waals surface area contributed by atoms with Crippen LogP contribution < -0.4 is 10.1 Å². The summed E-state index contributed by atoms with van der Waals surface area (Å²) < 4.78 is 5.49. The van der Waals surface area contributed by atoms with Crippen LogP contribution in [-0.4, -0.2) is 22.4 Å². The van der Waals surface area contributed by atoms with Crippen molar-refractivity contribution in [3.05, 3.63) is 94.0 Å². The molecule has 7 nitrogen and oxygen atoms in total. The molecule has 0 fully saturated rings. The van der Waals surface area contributed by atoms with E-state index in [2.05, 4.69) is 5.32 Å². The number of nitrogens with one attached hydrogen (secondary N) is 1. The SMILES string of the molecule is CCOc1ccc(-c2cc(C(=O)Nc3ccc(C)cc3[N+](=O)[O-])c3ccccc3n2)cc1. The van der Waals surface area contributed by atoms with E-state index in [9.17, 15) is 14.9 Å². The number of anilines is 1. The van der Waals surface area contributed by atoms with E-state index in [1.807, 2.05) is 55.5 Å². The molecule has 0 unspecified atom stereocenters. The Hall–Kier alpha value is -4.26. The fourth-order valence-corrected chi connectivity index (χ4v) is 3.49. The van der Waals surface area contributed by atoms with Gasteiger partial charge in [-0.2, -0.15) is 0 Å². The van der Waals surface area contributed by atoms with Gasteiger partial charge < -0.3 is 10.1 Å². The Morgan fingerprint density at radius 2 is 1.81 bits per heavy atom. The highest BCUT2D eigenvalue weighted by Crippen LogP contribution is 2.29. The number of rotatable bonds is 6. The van der Waals surface area contributed by atoms with Crippen LogP contribution >= 0.6 is 0 Å². The van der Waals surface area contributed by atoms with Crippen molar-refractivity contribution in [1.82, 2.24) is 4.98 Å². The molecule has 4 aromatic rings. The molecule has 4 rings (SSSR count). The lowest BCUT2D eigenvalue weighted by Crippen LogP contribution is -2.14. The molecule has 0 aliphatic heterocycles. The number of pyridine rings is 1. The number of carbonyl (C=O) groups excluding carboxylic acids is 1. The highest BCUT2D eigenvalue weighted by atomic mass is 16.6. The highest BCUT2D eigenvalue weighted by molar-refractivity contribution is 6.13. The van der Waals surface area contributed by atoms with E-state index < -0.39 is 10.8 Å². The molecule has 1 aromatic heterocycles. The van der Waals surface area contributed by atoms with Gasteiger partial charge in [-0.1, -0.05) is 24.3 Å². The van der Waals surface area contributed by atoms with Crippen molar-refractivity contribution in [2.75, 3.05) is 11.9 Å². The number of amides is 1. The summed E-state index contributed by atoms with van der Waals surface area (Å²) in [5, 5.41) is 14.8. The summed E-state index contributed by atoms with van der Waals surface area (Å²) >= 11 is 0. The van der Waals surface area contributed by atoms with Gasteiger partial charge in [0, 0.05) is 17.0 Å². The van der Waals surface area contributed by atoms with Crippen molar-refractivity contribution in [3.63, 3.8) is 0 Å². The minimum Gasteiger partial charge on any atom is -0.494 e. The van der Waals surface area contributed by atoms with Gasteiger partial charge in [0.05, 0.1) is 28.3 Å². The molecule has 1 N–H and O–H groups in total. The largest absolute Gasteiger partial charge is 0.494 e. The van der Waals surface area contributed by atoms with Gasteiger partial charge in [-0.15, -0.1) is 0 Å². The minimum absolute atomic E-state index is 0.147. The Morgan fingerprint density at radius 3 is 2.53 bits per heavy atom. The first kappa shape index (κ1) is 21.0. The van der Waals surface area contributed by atoms with Crippen LogP contribution in [0.2, 0.25) is 0 Å². The standard InChI is InChI=1S/C25H21N3O4/c1-3-32-18-11-9-17(10-12-18)23-15-20(19-6-4-5-7-21(19)26-23)25(29)27-22-13-8-16(2)14-24(22)28(30)31/h4-15H,3H2,1-2H3,(H,27,29). The average Bonchev–Trinajstić information content (AvgIpc) is 2.80. The molecule has 32 heavy (non-hydrogen) atoms. The third-order valence-corrected chi connectivity index (χ3v) is 5.02. The summed E-state index contributed by atoms with van der Waals surface area (Å²) in [6.07, 6.45) is 0. The Kier molecular flexibility index (Phi) is 5.81. The van der Waals surface area contributed by atoms with Crippen LogP contribution in [0.3, 0.4) is 0 Å². The lowest BCUT2D eigenvalue weighted by molar-refractivity contribution is -0.384. The quantitative estimate of drug-likeness (QED) is 0.311. The molecule has 0 radical (unpaired) electrons. The number of fused-ring (bicyclic) bond motifs is 1. The zero-order valence-electron chi connectivity index (χ0n) is 17.7. The predicted molar refractivity (Wildman–Crippen MR) is 124 cm³/mol. The van der Waals surface area contributed by atoms with Crippen molar-refractivity contribution in [3.8, 4) is 17.0 Å². The van der Waals surface area contributed by atoms with Crippen LogP contribution in [0.1, 0.15) is 22.8 Å². The normalized spacial score (nSPS) is 10.7. The molecule has 0 saturated carbocycles. The van der Waals surface area contributed by atoms with Gasteiger partial charge >= 0.3 is 0 Å². The summed E-state index contributed by atoms with van der Waals surface area (Å²) in [5.41, 5.74) is 3.22. The molecule has 3 aromatic carbocycles. The van der Waals surface area contributed by atoms with E-state index in [1.165, 1.54) is 6.07 Å². The molecule has 0 bridgehead atoms. The van der Waals surface area contributed by atoms with Crippen LogP contribution in [0, 0.1) is 17.0 Å². The fraction of sp³-hybridized carbons (Fsp3) is 0.120. The summed E-state index contributed by atoms with van der Waals surface area (Å²) in [6.45, 7) is 4.25. The smallest absolute Gasteiger partial charge is 0.293 e. The fourth-order valence-electron chi connectivity index (χ4n) is 3.49. The Bertz CT molecular complexity index is 1320. The van der Waals surface area contributed by atoms with Gasteiger partial charge in [0.2, 0.25) is 0 Å². The summed E-state index contributed by atoms with van der Waals surface area (Å²) in [6, 6.07) is 21.2. The molecule has 1 heterocycles. The lowest BCUT2D eigenvalue weighted by Gasteiger charge is -2.12.